The second kappa shape index (κ2) is 8.21. The molecule has 6 heteroatoms. The second-order valence-electron chi connectivity index (χ2n) is 5.30. The lowest BCUT2D eigenvalue weighted by molar-refractivity contribution is -0.123. The van der Waals surface area contributed by atoms with Crippen molar-refractivity contribution in [1.82, 2.24) is 4.90 Å². The average Bonchev–Trinajstić information content (AvgIpc) is 2.86. The van der Waals surface area contributed by atoms with Crippen LogP contribution in [0.2, 0.25) is 5.02 Å². The Balaban J connectivity index is 1.72. The van der Waals surface area contributed by atoms with Gasteiger partial charge in [-0.25, -0.2) is 0 Å². The van der Waals surface area contributed by atoms with E-state index in [2.05, 4.69) is 22.6 Å². The van der Waals surface area contributed by atoms with E-state index < -0.39 is 0 Å². The zero-order chi connectivity index (χ0) is 17.8. The number of imide groups is 1. The summed E-state index contributed by atoms with van der Waals surface area (Å²) in [6.45, 7) is 0.285. The Morgan fingerprint density at radius 3 is 2.52 bits per heavy atom. The van der Waals surface area contributed by atoms with E-state index in [1.165, 1.54) is 4.90 Å². The number of amides is 2. The maximum Gasteiger partial charge on any atom is 0.293 e. The third-order valence-electron chi connectivity index (χ3n) is 3.56. The van der Waals surface area contributed by atoms with Gasteiger partial charge in [-0.05, 0) is 69.8 Å². The molecule has 1 fully saturated rings. The van der Waals surface area contributed by atoms with E-state index in [9.17, 15) is 9.59 Å². The first-order valence-corrected chi connectivity index (χ1v) is 9.73. The Labute approximate surface area is 168 Å². The summed E-state index contributed by atoms with van der Waals surface area (Å²) in [5.74, 6) is -0.266. The normalized spacial score (nSPS) is 16.4. The van der Waals surface area contributed by atoms with Crippen molar-refractivity contribution in [2.75, 3.05) is 0 Å². The van der Waals surface area contributed by atoms with Crippen molar-refractivity contribution in [3.05, 3.63) is 85.3 Å². The lowest BCUT2D eigenvalue weighted by atomic mass is 10.2. The van der Waals surface area contributed by atoms with Crippen LogP contribution in [0.15, 0.2) is 65.6 Å². The third kappa shape index (κ3) is 4.54. The molecule has 1 heterocycles. The summed E-state index contributed by atoms with van der Waals surface area (Å²) in [7, 11) is 0. The summed E-state index contributed by atoms with van der Waals surface area (Å²) in [4.78, 5) is 26.3. The fourth-order valence-electron chi connectivity index (χ4n) is 2.27. The quantitative estimate of drug-likeness (QED) is 0.413. The van der Waals surface area contributed by atoms with Gasteiger partial charge in [-0.15, -0.1) is 0 Å². The zero-order valence-corrected chi connectivity index (χ0v) is 16.7. The monoisotopic (exact) mass is 481 g/mol. The van der Waals surface area contributed by atoms with Crippen LogP contribution in [-0.2, 0) is 11.3 Å². The molecule has 0 saturated carbocycles. The fourth-order valence-corrected chi connectivity index (χ4v) is 3.62. The zero-order valence-electron chi connectivity index (χ0n) is 13.0. The molecule has 3 rings (SSSR count). The standard InChI is InChI=1S/C19H13ClINO2S/c20-16-6-2-1-4-14(16)5-3-7-17-18(23)22(19(24)25-17)12-13-8-10-15(21)11-9-13/h1-11H,12H2/b5-3+,17-7-. The first-order valence-electron chi connectivity index (χ1n) is 7.45. The van der Waals surface area contributed by atoms with Gasteiger partial charge in [-0.1, -0.05) is 54.1 Å². The molecule has 1 aliphatic heterocycles. The van der Waals surface area contributed by atoms with Gasteiger partial charge in [0.2, 0.25) is 0 Å². The molecule has 0 aromatic heterocycles. The van der Waals surface area contributed by atoms with Gasteiger partial charge < -0.3 is 0 Å². The molecule has 126 valence electrons. The third-order valence-corrected chi connectivity index (χ3v) is 5.55. The van der Waals surface area contributed by atoms with Crippen LogP contribution in [-0.4, -0.2) is 16.0 Å². The average molecular weight is 482 g/mol. The van der Waals surface area contributed by atoms with E-state index in [0.29, 0.717) is 9.93 Å². The van der Waals surface area contributed by atoms with Crippen LogP contribution in [0.3, 0.4) is 0 Å². The Kier molecular flexibility index (Phi) is 5.98. The molecule has 0 unspecified atom stereocenters. The van der Waals surface area contributed by atoms with Gasteiger partial charge in [-0.3, -0.25) is 14.5 Å². The molecule has 0 bridgehead atoms. The minimum atomic E-state index is -0.266. The van der Waals surface area contributed by atoms with E-state index in [4.69, 9.17) is 11.6 Å². The minimum absolute atomic E-state index is 0.249. The van der Waals surface area contributed by atoms with Gasteiger partial charge in [-0.2, -0.15) is 0 Å². The first-order chi connectivity index (χ1) is 12.0. The number of halogens is 2. The molecule has 2 aromatic carbocycles. The van der Waals surface area contributed by atoms with Crippen LogP contribution in [0.4, 0.5) is 4.79 Å². The Bertz CT molecular complexity index is 877. The smallest absolute Gasteiger partial charge is 0.268 e. The van der Waals surface area contributed by atoms with E-state index >= 15 is 0 Å². The SMILES string of the molecule is O=C1S/C(=C\C=C\c2ccccc2Cl)C(=O)N1Cc1ccc(I)cc1. The van der Waals surface area contributed by atoms with Crippen molar-refractivity contribution < 1.29 is 9.59 Å². The van der Waals surface area contributed by atoms with Gasteiger partial charge in [0.25, 0.3) is 11.1 Å². The van der Waals surface area contributed by atoms with E-state index in [1.807, 2.05) is 48.5 Å². The number of thioether (sulfide) groups is 1. The van der Waals surface area contributed by atoms with Gasteiger partial charge >= 0.3 is 0 Å². The van der Waals surface area contributed by atoms with Crippen molar-refractivity contribution in [3.8, 4) is 0 Å². The molecule has 25 heavy (non-hydrogen) atoms. The maximum atomic E-state index is 12.5. The number of rotatable bonds is 4. The minimum Gasteiger partial charge on any atom is -0.268 e. The van der Waals surface area contributed by atoms with Gasteiger partial charge in [0.15, 0.2) is 0 Å². The molecular formula is C19H13ClINO2S. The van der Waals surface area contributed by atoms with Crippen molar-refractivity contribution >= 4 is 63.2 Å². The highest BCUT2D eigenvalue weighted by Crippen LogP contribution is 2.32. The van der Waals surface area contributed by atoms with E-state index in [1.54, 1.807) is 18.2 Å². The number of carbonyl (C=O) groups excluding carboxylic acids is 2. The molecule has 2 amide bonds. The van der Waals surface area contributed by atoms with Crippen LogP contribution in [0.5, 0.6) is 0 Å². The molecule has 3 nitrogen and oxygen atoms in total. The highest BCUT2D eigenvalue weighted by Gasteiger charge is 2.34. The highest BCUT2D eigenvalue weighted by molar-refractivity contribution is 14.1. The van der Waals surface area contributed by atoms with Gasteiger partial charge in [0.1, 0.15) is 0 Å². The van der Waals surface area contributed by atoms with Crippen molar-refractivity contribution in [3.63, 3.8) is 0 Å². The second-order valence-corrected chi connectivity index (χ2v) is 7.94. The molecular weight excluding hydrogens is 469 g/mol. The van der Waals surface area contributed by atoms with Crippen LogP contribution in [0.25, 0.3) is 6.08 Å². The summed E-state index contributed by atoms with van der Waals surface area (Å²) >= 11 is 9.26. The predicted molar refractivity (Wildman–Crippen MR) is 111 cm³/mol. The van der Waals surface area contributed by atoms with Crippen molar-refractivity contribution in [1.29, 1.82) is 0 Å². The topological polar surface area (TPSA) is 37.4 Å². The molecule has 0 N–H and O–H groups in total. The number of carbonyl (C=O) groups is 2. The Hall–Kier alpha value is -1.57. The Morgan fingerprint density at radius 1 is 1.08 bits per heavy atom. The Morgan fingerprint density at radius 2 is 1.80 bits per heavy atom. The molecule has 1 saturated heterocycles. The summed E-state index contributed by atoms with van der Waals surface area (Å²) in [6, 6.07) is 15.2. The summed E-state index contributed by atoms with van der Waals surface area (Å²) < 4.78 is 1.11. The fraction of sp³-hybridized carbons (Fsp3) is 0.0526. The van der Waals surface area contributed by atoms with Crippen LogP contribution in [0.1, 0.15) is 11.1 Å². The number of allylic oxidation sites excluding steroid dienone is 2. The number of hydrogen-bond acceptors (Lipinski definition) is 3. The van der Waals surface area contributed by atoms with E-state index in [0.717, 1.165) is 26.5 Å². The molecule has 0 atom stereocenters. The first kappa shape index (κ1) is 18.2. The number of hydrogen-bond donors (Lipinski definition) is 0. The molecule has 1 aliphatic rings. The van der Waals surface area contributed by atoms with Crippen LogP contribution in [0, 0.1) is 3.57 Å². The number of benzene rings is 2. The lowest BCUT2D eigenvalue weighted by Gasteiger charge is -2.12. The summed E-state index contributed by atoms with van der Waals surface area (Å²) in [6.07, 6.45) is 5.21. The van der Waals surface area contributed by atoms with Crippen LogP contribution >= 0.6 is 46.0 Å². The predicted octanol–water partition coefficient (Wildman–Crippen LogP) is 5.74. The van der Waals surface area contributed by atoms with Crippen molar-refractivity contribution in [2.45, 2.75) is 6.54 Å². The molecule has 2 aromatic rings. The van der Waals surface area contributed by atoms with E-state index in [-0.39, 0.29) is 17.7 Å². The molecule has 0 radical (unpaired) electrons. The number of nitrogens with zero attached hydrogens (tertiary/aromatic N) is 1. The van der Waals surface area contributed by atoms with Gasteiger partial charge in [0.05, 0.1) is 11.4 Å². The van der Waals surface area contributed by atoms with Crippen LogP contribution < -0.4 is 0 Å². The summed E-state index contributed by atoms with van der Waals surface area (Å²) in [5.41, 5.74) is 1.79. The molecule has 0 aliphatic carbocycles. The van der Waals surface area contributed by atoms with Gasteiger partial charge in [0, 0.05) is 8.59 Å². The largest absolute Gasteiger partial charge is 0.293 e. The summed E-state index contributed by atoms with van der Waals surface area (Å²) in [5, 5.41) is 0.389. The lowest BCUT2D eigenvalue weighted by Crippen LogP contribution is -2.27. The maximum absolute atomic E-state index is 12.5. The molecule has 0 spiro atoms. The van der Waals surface area contributed by atoms with Crippen molar-refractivity contribution in [2.24, 2.45) is 0 Å². The highest BCUT2D eigenvalue weighted by atomic mass is 127.